The third-order valence-electron chi connectivity index (χ3n) is 5.71. The van der Waals surface area contributed by atoms with Crippen molar-refractivity contribution in [3.05, 3.63) is 12.1 Å². The van der Waals surface area contributed by atoms with Crippen molar-refractivity contribution in [1.29, 1.82) is 0 Å². The van der Waals surface area contributed by atoms with Crippen LogP contribution in [-0.4, -0.2) is 59.8 Å². The number of ether oxygens (including phenoxy) is 1. The van der Waals surface area contributed by atoms with Crippen LogP contribution in [0.5, 0.6) is 5.88 Å². The molecule has 1 N–H and O–H groups in total. The summed E-state index contributed by atoms with van der Waals surface area (Å²) in [6.45, 7) is 3.57. The molecule has 146 valence electrons. The van der Waals surface area contributed by atoms with Gasteiger partial charge in [0.15, 0.2) is 5.82 Å². The third-order valence-corrected chi connectivity index (χ3v) is 5.71. The first-order valence-electron chi connectivity index (χ1n) is 10.0. The van der Waals surface area contributed by atoms with Gasteiger partial charge < -0.3 is 19.9 Å². The molecule has 1 aromatic heterocycles. The van der Waals surface area contributed by atoms with Crippen LogP contribution in [0.4, 0.5) is 10.6 Å². The van der Waals surface area contributed by atoms with Gasteiger partial charge in [-0.2, -0.15) is 0 Å². The second-order valence-electron chi connectivity index (χ2n) is 7.72. The SMILES string of the molecule is O=C(NCCC1CC1)Oc1ccc(N2CCN(C(=O)C3CCC3)CC2)nn1. The van der Waals surface area contributed by atoms with Crippen molar-refractivity contribution in [2.45, 2.75) is 38.5 Å². The van der Waals surface area contributed by atoms with E-state index >= 15 is 0 Å². The number of carbonyl (C=O) groups is 2. The van der Waals surface area contributed by atoms with Crippen molar-refractivity contribution >= 4 is 17.8 Å². The number of anilines is 1. The molecule has 0 atom stereocenters. The van der Waals surface area contributed by atoms with Gasteiger partial charge in [0.05, 0.1) is 0 Å². The quantitative estimate of drug-likeness (QED) is 0.818. The molecular weight excluding hydrogens is 346 g/mol. The summed E-state index contributed by atoms with van der Waals surface area (Å²) in [5.41, 5.74) is 0. The number of hydrogen-bond acceptors (Lipinski definition) is 6. The highest BCUT2D eigenvalue weighted by atomic mass is 16.6. The molecule has 8 nitrogen and oxygen atoms in total. The predicted octanol–water partition coefficient (Wildman–Crippen LogP) is 1.81. The average Bonchev–Trinajstić information content (AvgIpc) is 3.45. The van der Waals surface area contributed by atoms with Crippen molar-refractivity contribution in [2.75, 3.05) is 37.6 Å². The fraction of sp³-hybridized carbons (Fsp3) is 0.684. The fourth-order valence-corrected chi connectivity index (χ4v) is 3.52. The Morgan fingerprint density at radius 2 is 1.85 bits per heavy atom. The first-order chi connectivity index (χ1) is 13.2. The molecule has 2 aliphatic carbocycles. The first kappa shape index (κ1) is 18.0. The lowest BCUT2D eigenvalue weighted by molar-refractivity contribution is -0.138. The molecule has 0 bridgehead atoms. The molecule has 3 fully saturated rings. The largest absolute Gasteiger partial charge is 0.413 e. The molecule has 1 aromatic rings. The summed E-state index contributed by atoms with van der Waals surface area (Å²) in [7, 11) is 0. The van der Waals surface area contributed by atoms with Crippen LogP contribution in [-0.2, 0) is 4.79 Å². The molecule has 0 spiro atoms. The Kier molecular flexibility index (Phi) is 5.40. The number of piperazine rings is 1. The Morgan fingerprint density at radius 1 is 1.07 bits per heavy atom. The summed E-state index contributed by atoms with van der Waals surface area (Å²) in [6.07, 6.45) is 6.33. The lowest BCUT2D eigenvalue weighted by Gasteiger charge is -2.38. The molecule has 27 heavy (non-hydrogen) atoms. The van der Waals surface area contributed by atoms with Gasteiger partial charge >= 0.3 is 6.09 Å². The van der Waals surface area contributed by atoms with Crippen molar-refractivity contribution in [3.8, 4) is 5.88 Å². The normalized spacial score (nSPS) is 20.1. The van der Waals surface area contributed by atoms with Crippen LogP contribution in [0.25, 0.3) is 0 Å². The minimum absolute atomic E-state index is 0.196. The summed E-state index contributed by atoms with van der Waals surface area (Å²) in [5.74, 6) is 2.27. The number of carbonyl (C=O) groups excluding carboxylic acids is 2. The Balaban J connectivity index is 1.21. The van der Waals surface area contributed by atoms with Gasteiger partial charge in [-0.3, -0.25) is 4.79 Å². The number of amides is 2. The van der Waals surface area contributed by atoms with E-state index in [-0.39, 0.29) is 11.8 Å². The Bertz CT molecular complexity index is 664. The van der Waals surface area contributed by atoms with Gasteiger partial charge in [-0.1, -0.05) is 19.3 Å². The topological polar surface area (TPSA) is 87.7 Å². The monoisotopic (exact) mass is 373 g/mol. The lowest BCUT2D eigenvalue weighted by Crippen LogP contribution is -2.51. The molecule has 2 amide bonds. The van der Waals surface area contributed by atoms with Crippen LogP contribution in [0.3, 0.4) is 0 Å². The Labute approximate surface area is 159 Å². The van der Waals surface area contributed by atoms with Crippen molar-refractivity contribution in [2.24, 2.45) is 11.8 Å². The smallest absolute Gasteiger partial charge is 0.390 e. The maximum absolute atomic E-state index is 12.3. The van der Waals surface area contributed by atoms with E-state index in [0.29, 0.717) is 12.5 Å². The molecule has 0 radical (unpaired) electrons. The van der Waals surface area contributed by atoms with E-state index in [1.165, 1.54) is 19.3 Å². The van der Waals surface area contributed by atoms with E-state index in [2.05, 4.69) is 20.4 Å². The van der Waals surface area contributed by atoms with E-state index in [1.807, 2.05) is 11.0 Å². The van der Waals surface area contributed by atoms with Crippen LogP contribution in [0.15, 0.2) is 12.1 Å². The van der Waals surface area contributed by atoms with Crippen LogP contribution in [0.1, 0.15) is 38.5 Å². The Hall–Kier alpha value is -2.38. The molecule has 0 aromatic carbocycles. The molecule has 3 aliphatic rings. The zero-order valence-corrected chi connectivity index (χ0v) is 15.6. The van der Waals surface area contributed by atoms with Crippen molar-refractivity contribution in [1.82, 2.24) is 20.4 Å². The van der Waals surface area contributed by atoms with Gasteiger partial charge in [0, 0.05) is 44.7 Å². The van der Waals surface area contributed by atoms with E-state index in [0.717, 1.165) is 57.2 Å². The molecule has 8 heteroatoms. The molecule has 2 saturated carbocycles. The van der Waals surface area contributed by atoms with E-state index < -0.39 is 6.09 Å². The molecule has 0 unspecified atom stereocenters. The van der Waals surface area contributed by atoms with Crippen LogP contribution in [0, 0.1) is 11.8 Å². The number of nitrogens with zero attached hydrogens (tertiary/aromatic N) is 4. The summed E-state index contributed by atoms with van der Waals surface area (Å²) >= 11 is 0. The Morgan fingerprint density at radius 3 is 2.44 bits per heavy atom. The number of aromatic nitrogens is 2. The summed E-state index contributed by atoms with van der Waals surface area (Å²) in [5, 5.41) is 10.9. The van der Waals surface area contributed by atoms with Gasteiger partial charge in [0.2, 0.25) is 11.8 Å². The predicted molar refractivity (Wildman–Crippen MR) is 99.5 cm³/mol. The van der Waals surface area contributed by atoms with Crippen LogP contribution >= 0.6 is 0 Å². The van der Waals surface area contributed by atoms with Crippen LogP contribution < -0.4 is 15.0 Å². The van der Waals surface area contributed by atoms with E-state index in [9.17, 15) is 9.59 Å². The van der Waals surface area contributed by atoms with Crippen molar-refractivity contribution in [3.63, 3.8) is 0 Å². The third kappa shape index (κ3) is 4.67. The summed E-state index contributed by atoms with van der Waals surface area (Å²) < 4.78 is 5.16. The van der Waals surface area contributed by atoms with E-state index in [1.54, 1.807) is 6.07 Å². The number of nitrogens with one attached hydrogen (secondary N) is 1. The molecule has 1 aliphatic heterocycles. The maximum atomic E-state index is 12.3. The molecular formula is C19H27N5O3. The average molecular weight is 373 g/mol. The zero-order chi connectivity index (χ0) is 18.6. The number of hydrogen-bond donors (Lipinski definition) is 1. The maximum Gasteiger partial charge on any atom is 0.413 e. The second-order valence-corrected chi connectivity index (χ2v) is 7.72. The minimum atomic E-state index is -0.485. The molecule has 1 saturated heterocycles. The highest BCUT2D eigenvalue weighted by Gasteiger charge is 2.31. The standard InChI is InChI=1S/C19H27N5O3/c25-18(15-2-1-3-15)24-12-10-23(11-13-24)16-6-7-17(22-21-16)27-19(26)20-9-8-14-4-5-14/h6-7,14-15H,1-5,8-13H2,(H,20,26). The summed E-state index contributed by atoms with van der Waals surface area (Å²) in [4.78, 5) is 28.1. The van der Waals surface area contributed by atoms with Crippen LogP contribution in [0.2, 0.25) is 0 Å². The minimum Gasteiger partial charge on any atom is -0.390 e. The highest BCUT2D eigenvalue weighted by Crippen LogP contribution is 2.31. The van der Waals surface area contributed by atoms with Gasteiger partial charge in [0.25, 0.3) is 0 Å². The van der Waals surface area contributed by atoms with E-state index in [4.69, 9.17) is 4.74 Å². The second kappa shape index (κ2) is 8.10. The lowest BCUT2D eigenvalue weighted by atomic mass is 9.84. The zero-order valence-electron chi connectivity index (χ0n) is 15.6. The first-order valence-corrected chi connectivity index (χ1v) is 10.0. The summed E-state index contributed by atoms with van der Waals surface area (Å²) in [6, 6.07) is 3.47. The molecule has 4 rings (SSSR count). The van der Waals surface area contributed by atoms with Gasteiger partial charge in [0.1, 0.15) is 0 Å². The van der Waals surface area contributed by atoms with Gasteiger partial charge in [-0.25, -0.2) is 4.79 Å². The fourth-order valence-electron chi connectivity index (χ4n) is 3.52. The van der Waals surface area contributed by atoms with Gasteiger partial charge in [-0.05, 0) is 31.2 Å². The highest BCUT2D eigenvalue weighted by molar-refractivity contribution is 5.79. The number of rotatable bonds is 6. The van der Waals surface area contributed by atoms with Crippen molar-refractivity contribution < 1.29 is 14.3 Å². The van der Waals surface area contributed by atoms with Gasteiger partial charge in [-0.15, -0.1) is 10.2 Å². The molecule has 2 heterocycles.